The Morgan fingerprint density at radius 1 is 1.21 bits per heavy atom. The van der Waals surface area contributed by atoms with E-state index in [0.717, 1.165) is 29.3 Å². The third-order valence-electron chi connectivity index (χ3n) is 5.87. The lowest BCUT2D eigenvalue weighted by molar-refractivity contribution is 0.00578. The van der Waals surface area contributed by atoms with Crippen LogP contribution in [-0.2, 0) is 9.31 Å². The third kappa shape index (κ3) is 2.11. The van der Waals surface area contributed by atoms with E-state index in [1.165, 1.54) is 6.42 Å². The summed E-state index contributed by atoms with van der Waals surface area (Å²) in [5.41, 5.74) is 2.00. The van der Waals surface area contributed by atoms with Gasteiger partial charge in [-0.1, -0.05) is 0 Å². The van der Waals surface area contributed by atoms with Gasteiger partial charge in [0, 0.05) is 30.7 Å². The maximum Gasteiger partial charge on any atom is 0.516 e. The minimum Gasteiger partial charge on any atom is -0.398 e. The monoisotopic (exact) mass is 328 g/mol. The first-order valence-electron chi connectivity index (χ1n) is 8.67. The van der Waals surface area contributed by atoms with E-state index in [2.05, 4.69) is 48.9 Å². The molecule has 0 unspecified atom stereocenters. The fraction of sp³-hybridized carbons (Fsp3) is 0.647. The third-order valence-corrected chi connectivity index (χ3v) is 5.87. The highest BCUT2D eigenvalue weighted by molar-refractivity contribution is 6.61. The molecule has 7 heteroatoms. The predicted octanol–water partition coefficient (Wildman–Crippen LogP) is 1.94. The highest BCUT2D eigenvalue weighted by Crippen LogP contribution is 2.37. The summed E-state index contributed by atoms with van der Waals surface area (Å²) in [4.78, 5) is 11.8. The molecule has 2 fully saturated rings. The van der Waals surface area contributed by atoms with Crippen LogP contribution in [0.4, 0.5) is 5.82 Å². The molecule has 0 N–H and O–H groups in total. The van der Waals surface area contributed by atoms with Crippen LogP contribution < -0.4 is 10.5 Å². The van der Waals surface area contributed by atoms with Crippen LogP contribution in [-0.4, -0.2) is 45.3 Å². The van der Waals surface area contributed by atoms with Crippen molar-refractivity contribution >= 4 is 24.2 Å². The van der Waals surface area contributed by atoms with Crippen LogP contribution in [0.2, 0.25) is 0 Å². The Balaban J connectivity index is 1.83. The molecule has 2 aromatic rings. The first kappa shape index (κ1) is 15.9. The molecular formula is C17H25BN4O2. The second-order valence-corrected chi connectivity index (χ2v) is 7.95. The van der Waals surface area contributed by atoms with E-state index in [9.17, 15) is 0 Å². The number of aryl methyl sites for hydroxylation is 1. The van der Waals surface area contributed by atoms with Crippen LogP contribution in [0.15, 0.2) is 12.4 Å². The summed E-state index contributed by atoms with van der Waals surface area (Å²) >= 11 is 0. The van der Waals surface area contributed by atoms with E-state index in [1.54, 1.807) is 0 Å². The van der Waals surface area contributed by atoms with Crippen molar-refractivity contribution in [3.63, 3.8) is 0 Å². The van der Waals surface area contributed by atoms with Crippen LogP contribution >= 0.6 is 0 Å². The number of hydrogen-bond acceptors (Lipinski definition) is 5. The second-order valence-electron chi connectivity index (χ2n) is 7.95. The summed E-state index contributed by atoms with van der Waals surface area (Å²) in [6.45, 7) is 13.5. The molecule has 0 aromatic carbocycles. The van der Waals surface area contributed by atoms with Gasteiger partial charge in [-0.3, -0.25) is 0 Å². The number of aromatic nitrogens is 3. The number of fused-ring (bicyclic) bond motifs is 1. The Labute approximate surface area is 143 Å². The molecule has 4 heterocycles. The molecule has 4 rings (SSSR count). The van der Waals surface area contributed by atoms with Crippen molar-refractivity contribution in [3.8, 4) is 0 Å². The van der Waals surface area contributed by atoms with Crippen molar-refractivity contribution in [1.82, 2.24) is 14.4 Å². The summed E-state index contributed by atoms with van der Waals surface area (Å²) < 4.78 is 14.6. The quantitative estimate of drug-likeness (QED) is 0.789. The fourth-order valence-corrected chi connectivity index (χ4v) is 3.31. The van der Waals surface area contributed by atoms with Gasteiger partial charge in [-0.05, 0) is 48.0 Å². The molecule has 0 bridgehead atoms. The summed E-state index contributed by atoms with van der Waals surface area (Å²) in [5.74, 6) is 0.925. The number of anilines is 1. The summed E-state index contributed by atoms with van der Waals surface area (Å²) in [6, 6.07) is 0.492. The molecule has 1 atom stereocenters. The molecule has 2 aromatic heterocycles. The standard InChI is InChI=1S/C17H25BN4O2/c1-11-7-9-21(11)15-14-19-8-10-22(14)12(2)13(20-15)18-23-16(3,4)17(5,6)24-18/h8,10-11H,7,9H2,1-6H3/t11-/m0/s1. The lowest BCUT2D eigenvalue weighted by Gasteiger charge is -2.40. The Bertz CT molecular complexity index is 785. The van der Waals surface area contributed by atoms with E-state index >= 15 is 0 Å². The lowest BCUT2D eigenvalue weighted by Crippen LogP contribution is -2.48. The zero-order chi connectivity index (χ0) is 17.3. The van der Waals surface area contributed by atoms with E-state index in [1.807, 2.05) is 19.3 Å². The molecule has 128 valence electrons. The predicted molar refractivity (Wildman–Crippen MR) is 94.9 cm³/mol. The molecule has 24 heavy (non-hydrogen) atoms. The van der Waals surface area contributed by atoms with E-state index < -0.39 is 7.12 Å². The highest BCUT2D eigenvalue weighted by atomic mass is 16.7. The van der Waals surface area contributed by atoms with Crippen LogP contribution in [0.25, 0.3) is 5.65 Å². The van der Waals surface area contributed by atoms with Gasteiger partial charge in [-0.2, -0.15) is 0 Å². The van der Waals surface area contributed by atoms with Crippen LogP contribution in [0.5, 0.6) is 0 Å². The molecule has 0 aliphatic carbocycles. The fourth-order valence-electron chi connectivity index (χ4n) is 3.31. The molecule has 0 saturated carbocycles. The maximum absolute atomic E-state index is 6.23. The first-order valence-corrected chi connectivity index (χ1v) is 8.67. The average Bonchev–Trinajstić information content (AvgIpc) is 3.04. The van der Waals surface area contributed by atoms with Crippen molar-refractivity contribution in [2.24, 2.45) is 0 Å². The van der Waals surface area contributed by atoms with E-state index in [4.69, 9.17) is 14.3 Å². The number of rotatable bonds is 2. The largest absolute Gasteiger partial charge is 0.516 e. The Hall–Kier alpha value is -1.60. The average molecular weight is 328 g/mol. The zero-order valence-corrected chi connectivity index (χ0v) is 15.3. The molecule has 2 aliphatic heterocycles. The van der Waals surface area contributed by atoms with Gasteiger partial charge >= 0.3 is 7.12 Å². The van der Waals surface area contributed by atoms with Crippen LogP contribution in [0.1, 0.15) is 46.7 Å². The number of hydrogen-bond donors (Lipinski definition) is 0. The molecular weight excluding hydrogens is 303 g/mol. The van der Waals surface area contributed by atoms with E-state index in [0.29, 0.717) is 6.04 Å². The van der Waals surface area contributed by atoms with Crippen LogP contribution in [0, 0.1) is 6.92 Å². The van der Waals surface area contributed by atoms with Crippen LogP contribution in [0.3, 0.4) is 0 Å². The number of imidazole rings is 1. The summed E-state index contributed by atoms with van der Waals surface area (Å²) in [5, 5.41) is 0. The second kappa shape index (κ2) is 4.96. The highest BCUT2D eigenvalue weighted by Gasteiger charge is 2.53. The smallest absolute Gasteiger partial charge is 0.398 e. The molecule has 2 aliphatic rings. The zero-order valence-electron chi connectivity index (χ0n) is 15.3. The van der Waals surface area contributed by atoms with Gasteiger partial charge in [0.15, 0.2) is 11.5 Å². The molecule has 0 radical (unpaired) electrons. The van der Waals surface area contributed by atoms with Gasteiger partial charge in [0.1, 0.15) is 0 Å². The van der Waals surface area contributed by atoms with Gasteiger partial charge in [0.25, 0.3) is 0 Å². The van der Waals surface area contributed by atoms with Gasteiger partial charge in [-0.15, -0.1) is 0 Å². The normalized spacial score (nSPS) is 25.3. The van der Waals surface area contributed by atoms with Crippen molar-refractivity contribution < 1.29 is 9.31 Å². The minimum absolute atomic E-state index is 0.375. The molecule has 2 saturated heterocycles. The van der Waals surface area contributed by atoms with Crippen molar-refractivity contribution in [2.75, 3.05) is 11.4 Å². The van der Waals surface area contributed by atoms with E-state index in [-0.39, 0.29) is 11.2 Å². The maximum atomic E-state index is 6.23. The van der Waals surface area contributed by atoms with Gasteiger partial charge in [0.05, 0.1) is 16.8 Å². The summed E-state index contributed by atoms with van der Waals surface area (Å²) in [7, 11) is -0.461. The van der Waals surface area contributed by atoms with Crippen molar-refractivity contribution in [2.45, 2.75) is 65.2 Å². The molecule has 0 amide bonds. The Morgan fingerprint density at radius 3 is 2.42 bits per heavy atom. The van der Waals surface area contributed by atoms with Gasteiger partial charge in [-0.25, -0.2) is 9.97 Å². The topological polar surface area (TPSA) is 51.9 Å². The van der Waals surface area contributed by atoms with Gasteiger partial charge in [0.2, 0.25) is 0 Å². The van der Waals surface area contributed by atoms with Gasteiger partial charge < -0.3 is 18.6 Å². The molecule has 6 nitrogen and oxygen atoms in total. The SMILES string of the molecule is Cc1c(B2OC(C)(C)C(C)(C)O2)nc(N2CC[C@@H]2C)c2nccn12. The minimum atomic E-state index is -0.461. The Morgan fingerprint density at radius 2 is 1.88 bits per heavy atom. The Kier molecular flexibility index (Phi) is 3.28. The lowest BCUT2D eigenvalue weighted by atomic mass is 9.82. The van der Waals surface area contributed by atoms with Crippen molar-refractivity contribution in [1.29, 1.82) is 0 Å². The number of nitrogens with zero attached hydrogens (tertiary/aromatic N) is 4. The summed E-state index contributed by atoms with van der Waals surface area (Å²) in [6.07, 6.45) is 5.00. The molecule has 0 spiro atoms. The first-order chi connectivity index (χ1) is 11.2. The van der Waals surface area contributed by atoms with Crippen molar-refractivity contribution in [3.05, 3.63) is 18.1 Å².